The Balaban J connectivity index is 2.10. The second-order valence-electron chi connectivity index (χ2n) is 4.06. The SMILES string of the molecule is O=C1Nc2cc(F)c(Br)cc2N2CCOCC12. The normalized spacial score (nSPS) is 22.8. The van der Waals surface area contributed by atoms with Crippen molar-refractivity contribution >= 4 is 33.2 Å². The zero-order valence-electron chi connectivity index (χ0n) is 8.87. The van der Waals surface area contributed by atoms with Crippen LogP contribution in [0.25, 0.3) is 0 Å². The van der Waals surface area contributed by atoms with E-state index in [9.17, 15) is 9.18 Å². The van der Waals surface area contributed by atoms with Gasteiger partial charge >= 0.3 is 0 Å². The van der Waals surface area contributed by atoms with Crippen molar-refractivity contribution in [1.29, 1.82) is 0 Å². The van der Waals surface area contributed by atoms with Crippen LogP contribution < -0.4 is 10.2 Å². The van der Waals surface area contributed by atoms with E-state index in [2.05, 4.69) is 21.2 Å². The summed E-state index contributed by atoms with van der Waals surface area (Å²) in [7, 11) is 0. The van der Waals surface area contributed by atoms with Gasteiger partial charge in [0.25, 0.3) is 0 Å². The lowest BCUT2D eigenvalue weighted by molar-refractivity contribution is -0.119. The van der Waals surface area contributed by atoms with Crippen LogP contribution >= 0.6 is 15.9 Å². The molecule has 1 fully saturated rings. The highest BCUT2D eigenvalue weighted by molar-refractivity contribution is 9.10. The average molecular weight is 301 g/mol. The maximum Gasteiger partial charge on any atom is 0.249 e. The Morgan fingerprint density at radius 2 is 2.35 bits per heavy atom. The molecule has 17 heavy (non-hydrogen) atoms. The molecular weight excluding hydrogens is 291 g/mol. The predicted molar refractivity (Wildman–Crippen MR) is 64.7 cm³/mol. The van der Waals surface area contributed by atoms with Gasteiger partial charge in [0.2, 0.25) is 5.91 Å². The van der Waals surface area contributed by atoms with E-state index in [1.54, 1.807) is 6.07 Å². The van der Waals surface area contributed by atoms with Gasteiger partial charge in [0, 0.05) is 12.6 Å². The van der Waals surface area contributed by atoms with E-state index >= 15 is 0 Å². The number of rotatable bonds is 0. The number of hydrogen-bond acceptors (Lipinski definition) is 3. The van der Waals surface area contributed by atoms with Gasteiger partial charge in [-0.3, -0.25) is 4.79 Å². The summed E-state index contributed by atoms with van der Waals surface area (Å²) < 4.78 is 19.1. The zero-order chi connectivity index (χ0) is 12.0. The summed E-state index contributed by atoms with van der Waals surface area (Å²) in [6.07, 6.45) is 0. The first-order valence-electron chi connectivity index (χ1n) is 5.31. The molecule has 1 atom stereocenters. The number of fused-ring (bicyclic) bond motifs is 3. The van der Waals surface area contributed by atoms with Gasteiger partial charge in [-0.05, 0) is 22.0 Å². The molecule has 0 radical (unpaired) electrons. The molecule has 0 aromatic heterocycles. The van der Waals surface area contributed by atoms with Crippen molar-refractivity contribution < 1.29 is 13.9 Å². The number of carbonyl (C=O) groups is 1. The van der Waals surface area contributed by atoms with Crippen molar-refractivity contribution in [3.05, 3.63) is 22.4 Å². The molecule has 0 bridgehead atoms. The number of benzene rings is 1. The lowest BCUT2D eigenvalue weighted by Gasteiger charge is -2.40. The third-order valence-electron chi connectivity index (χ3n) is 3.04. The number of ether oxygens (including phenoxy) is 1. The molecule has 2 aliphatic rings. The van der Waals surface area contributed by atoms with Gasteiger partial charge in [0.05, 0.1) is 29.1 Å². The van der Waals surface area contributed by atoms with Crippen LogP contribution in [0.2, 0.25) is 0 Å². The molecule has 1 aromatic rings. The molecule has 0 spiro atoms. The van der Waals surface area contributed by atoms with Crippen LogP contribution in [0.3, 0.4) is 0 Å². The van der Waals surface area contributed by atoms with Crippen molar-refractivity contribution in [2.45, 2.75) is 6.04 Å². The Bertz CT molecular complexity index is 495. The van der Waals surface area contributed by atoms with Crippen LogP contribution in [-0.2, 0) is 9.53 Å². The molecule has 1 unspecified atom stereocenters. The molecule has 0 saturated carbocycles. The van der Waals surface area contributed by atoms with Gasteiger partial charge in [-0.2, -0.15) is 0 Å². The number of carbonyl (C=O) groups excluding carboxylic acids is 1. The molecule has 4 nitrogen and oxygen atoms in total. The average Bonchev–Trinajstić information content (AvgIpc) is 2.32. The monoisotopic (exact) mass is 300 g/mol. The molecule has 1 aromatic carbocycles. The van der Waals surface area contributed by atoms with Crippen LogP contribution in [-0.4, -0.2) is 31.7 Å². The fraction of sp³-hybridized carbons (Fsp3) is 0.364. The lowest BCUT2D eigenvalue weighted by atomic mass is 10.1. The first kappa shape index (κ1) is 11.0. The molecule has 2 heterocycles. The minimum atomic E-state index is -0.379. The topological polar surface area (TPSA) is 41.6 Å². The number of morpholine rings is 1. The third-order valence-corrected chi connectivity index (χ3v) is 3.64. The van der Waals surface area contributed by atoms with E-state index in [0.717, 1.165) is 5.69 Å². The molecule has 90 valence electrons. The second-order valence-corrected chi connectivity index (χ2v) is 4.91. The van der Waals surface area contributed by atoms with Crippen molar-refractivity contribution in [2.75, 3.05) is 30.0 Å². The number of nitrogens with one attached hydrogen (secondary N) is 1. The highest BCUT2D eigenvalue weighted by Crippen LogP contribution is 2.36. The first-order chi connectivity index (χ1) is 8.16. The molecule has 3 rings (SSSR count). The Hall–Kier alpha value is -1.14. The van der Waals surface area contributed by atoms with Crippen LogP contribution in [0.5, 0.6) is 0 Å². The number of hydrogen-bond donors (Lipinski definition) is 1. The summed E-state index contributed by atoms with van der Waals surface area (Å²) in [6, 6.07) is 2.72. The summed E-state index contributed by atoms with van der Waals surface area (Å²) >= 11 is 3.16. The quantitative estimate of drug-likeness (QED) is 0.794. The zero-order valence-corrected chi connectivity index (χ0v) is 10.5. The van der Waals surface area contributed by atoms with E-state index in [4.69, 9.17) is 4.74 Å². The summed E-state index contributed by atoms with van der Waals surface area (Å²) in [5.41, 5.74) is 1.36. The highest BCUT2D eigenvalue weighted by Gasteiger charge is 2.35. The van der Waals surface area contributed by atoms with Gasteiger partial charge in [0.15, 0.2) is 0 Å². The molecule has 1 amide bonds. The number of nitrogens with zero attached hydrogens (tertiary/aromatic N) is 1. The van der Waals surface area contributed by atoms with Gasteiger partial charge in [0.1, 0.15) is 11.9 Å². The molecule has 6 heteroatoms. The van der Waals surface area contributed by atoms with Gasteiger partial charge in [-0.15, -0.1) is 0 Å². The fourth-order valence-corrected chi connectivity index (χ4v) is 2.53. The summed E-state index contributed by atoms with van der Waals surface area (Å²) in [5.74, 6) is -0.519. The van der Waals surface area contributed by atoms with Crippen LogP contribution in [0.1, 0.15) is 0 Å². The van der Waals surface area contributed by atoms with Crippen molar-refractivity contribution in [3.8, 4) is 0 Å². The fourth-order valence-electron chi connectivity index (χ4n) is 2.20. The minimum Gasteiger partial charge on any atom is -0.377 e. The van der Waals surface area contributed by atoms with Crippen molar-refractivity contribution in [2.24, 2.45) is 0 Å². The second kappa shape index (κ2) is 3.96. The van der Waals surface area contributed by atoms with Gasteiger partial charge in [-0.25, -0.2) is 4.39 Å². The lowest BCUT2D eigenvalue weighted by Crippen LogP contribution is -2.54. The van der Waals surface area contributed by atoms with Crippen molar-refractivity contribution in [3.63, 3.8) is 0 Å². The largest absolute Gasteiger partial charge is 0.377 e. The first-order valence-corrected chi connectivity index (χ1v) is 6.10. The van der Waals surface area contributed by atoms with Gasteiger partial charge < -0.3 is 15.0 Å². The summed E-state index contributed by atoms with van der Waals surface area (Å²) in [4.78, 5) is 13.8. The van der Waals surface area contributed by atoms with Gasteiger partial charge in [-0.1, -0.05) is 0 Å². The van der Waals surface area contributed by atoms with Crippen LogP contribution in [0, 0.1) is 5.82 Å². The van der Waals surface area contributed by atoms with E-state index in [1.807, 2.05) is 4.90 Å². The molecule has 0 aliphatic carbocycles. The van der Waals surface area contributed by atoms with E-state index < -0.39 is 0 Å². The standard InChI is InChI=1S/C11H10BrFN2O2/c12-6-3-9-8(4-7(6)13)14-11(16)10-5-17-2-1-15(9)10/h3-4,10H,1-2,5H2,(H,14,16). The van der Waals surface area contributed by atoms with Crippen LogP contribution in [0.4, 0.5) is 15.8 Å². The third kappa shape index (κ3) is 1.71. The molecule has 1 saturated heterocycles. The minimum absolute atomic E-state index is 0.140. The number of halogens is 2. The van der Waals surface area contributed by atoms with Crippen LogP contribution in [0.15, 0.2) is 16.6 Å². The maximum absolute atomic E-state index is 13.4. The molecular formula is C11H10BrFN2O2. The Morgan fingerprint density at radius 1 is 1.53 bits per heavy atom. The van der Waals surface area contributed by atoms with E-state index in [0.29, 0.717) is 29.9 Å². The summed E-state index contributed by atoms with van der Waals surface area (Å²) in [5, 5.41) is 2.71. The predicted octanol–water partition coefficient (Wildman–Crippen LogP) is 1.75. The number of anilines is 2. The van der Waals surface area contributed by atoms with E-state index in [1.165, 1.54) is 6.07 Å². The Kier molecular flexibility index (Phi) is 2.56. The Labute approximate surface area is 106 Å². The smallest absolute Gasteiger partial charge is 0.249 e. The van der Waals surface area contributed by atoms with E-state index in [-0.39, 0.29) is 17.8 Å². The Morgan fingerprint density at radius 3 is 3.18 bits per heavy atom. The maximum atomic E-state index is 13.4. The highest BCUT2D eigenvalue weighted by atomic mass is 79.9. The summed E-state index contributed by atoms with van der Waals surface area (Å²) in [6.45, 7) is 1.60. The van der Waals surface area contributed by atoms with Crippen molar-refractivity contribution in [1.82, 2.24) is 0 Å². The molecule has 2 aliphatic heterocycles. The molecule has 1 N–H and O–H groups in total. The number of amides is 1.